The Labute approximate surface area is 225 Å². The second-order valence-corrected chi connectivity index (χ2v) is 9.88. The van der Waals surface area contributed by atoms with Crippen molar-refractivity contribution in [2.24, 2.45) is 0 Å². The third kappa shape index (κ3) is 7.30. The molecule has 2 aromatic heterocycles. The molecule has 7 nitrogen and oxygen atoms in total. The molecule has 0 bridgehead atoms. The molecule has 0 aliphatic carbocycles. The van der Waals surface area contributed by atoms with Crippen LogP contribution in [0.15, 0.2) is 101 Å². The molecule has 0 radical (unpaired) electrons. The lowest BCUT2D eigenvalue weighted by Crippen LogP contribution is -2.42. The molecule has 0 aliphatic rings. The topological polar surface area (TPSA) is 91.7 Å². The lowest BCUT2D eigenvalue weighted by atomic mass is 10.0. The number of benzene rings is 2. The van der Waals surface area contributed by atoms with Gasteiger partial charge in [0.25, 0.3) is 0 Å². The number of hydrogen-bond acceptors (Lipinski definition) is 5. The maximum Gasteiger partial charge on any atom is 0.248 e. The number of amides is 3. The van der Waals surface area contributed by atoms with Gasteiger partial charge in [-0.3, -0.25) is 14.4 Å². The van der Waals surface area contributed by atoms with Gasteiger partial charge in [0.1, 0.15) is 11.8 Å². The summed E-state index contributed by atoms with van der Waals surface area (Å²) in [6, 6.07) is 21.3. The van der Waals surface area contributed by atoms with Crippen molar-refractivity contribution in [2.75, 3.05) is 5.32 Å². The number of anilines is 1. The summed E-state index contributed by atoms with van der Waals surface area (Å²) in [5.41, 5.74) is 3.34. The van der Waals surface area contributed by atoms with Crippen LogP contribution < -0.4 is 10.6 Å². The number of thiophene rings is 1. The van der Waals surface area contributed by atoms with E-state index in [0.29, 0.717) is 17.0 Å². The van der Waals surface area contributed by atoms with E-state index in [1.807, 2.05) is 73.8 Å². The minimum absolute atomic E-state index is 0.184. The zero-order valence-corrected chi connectivity index (χ0v) is 22.0. The first kappa shape index (κ1) is 26.6. The lowest BCUT2D eigenvalue weighted by molar-refractivity contribution is -0.138. The number of nitrogens with zero attached hydrogens (tertiary/aromatic N) is 1. The number of nitrogens with one attached hydrogen (secondary N) is 2. The number of hydrogen-bond donors (Lipinski definition) is 2. The SMILES string of the molecule is Cc1ccc([C@@H](C(=O)NCc2ccco2)N(Cc2cccs2)C(=O)/C=C\C(=O)Nc2cccc(C)c2)cc1. The van der Waals surface area contributed by atoms with Gasteiger partial charge in [0.05, 0.1) is 19.4 Å². The van der Waals surface area contributed by atoms with Crippen LogP contribution in [-0.4, -0.2) is 22.6 Å². The third-order valence-corrected chi connectivity index (χ3v) is 6.68. The predicted molar refractivity (Wildman–Crippen MR) is 148 cm³/mol. The highest BCUT2D eigenvalue weighted by Gasteiger charge is 2.31. The Kier molecular flexibility index (Phi) is 8.89. The summed E-state index contributed by atoms with van der Waals surface area (Å²) in [4.78, 5) is 42.1. The molecule has 0 spiro atoms. The molecular weight excluding hydrogens is 498 g/mol. The van der Waals surface area contributed by atoms with E-state index < -0.39 is 17.9 Å². The summed E-state index contributed by atoms with van der Waals surface area (Å²) >= 11 is 1.49. The van der Waals surface area contributed by atoms with Crippen LogP contribution in [0, 0.1) is 13.8 Å². The van der Waals surface area contributed by atoms with Crippen LogP contribution in [0.5, 0.6) is 0 Å². The first-order chi connectivity index (χ1) is 18.4. The van der Waals surface area contributed by atoms with Crippen molar-refractivity contribution in [3.8, 4) is 0 Å². The van der Waals surface area contributed by atoms with Gasteiger partial charge in [-0.15, -0.1) is 11.3 Å². The molecule has 8 heteroatoms. The number of rotatable bonds is 10. The summed E-state index contributed by atoms with van der Waals surface area (Å²) in [6.45, 7) is 4.27. The van der Waals surface area contributed by atoms with Crippen LogP contribution in [0.3, 0.4) is 0 Å². The molecule has 2 heterocycles. The van der Waals surface area contributed by atoms with Gasteiger partial charge in [0, 0.05) is 22.7 Å². The van der Waals surface area contributed by atoms with Gasteiger partial charge >= 0.3 is 0 Å². The van der Waals surface area contributed by atoms with E-state index in [1.165, 1.54) is 34.7 Å². The van der Waals surface area contributed by atoms with Crippen molar-refractivity contribution >= 4 is 34.7 Å². The Balaban J connectivity index is 1.60. The highest BCUT2D eigenvalue weighted by Crippen LogP contribution is 2.26. The van der Waals surface area contributed by atoms with Crippen molar-refractivity contribution in [3.05, 3.63) is 124 Å². The minimum atomic E-state index is -0.926. The standard InChI is InChI=1S/C30H29N3O4S/c1-21-10-12-23(13-11-21)29(30(36)31-19-25-8-4-16-37-25)33(20-26-9-5-17-38-26)28(35)15-14-27(34)32-24-7-3-6-22(2)18-24/h3-18,29H,19-20H2,1-2H3,(H,31,36)(H,32,34)/b15-14-/t29-/m0/s1. The zero-order chi connectivity index (χ0) is 26.9. The zero-order valence-electron chi connectivity index (χ0n) is 21.2. The van der Waals surface area contributed by atoms with Crippen molar-refractivity contribution in [1.82, 2.24) is 10.2 Å². The van der Waals surface area contributed by atoms with E-state index in [-0.39, 0.29) is 19.0 Å². The largest absolute Gasteiger partial charge is 0.467 e. The number of furan rings is 1. The molecular formula is C30H29N3O4S. The quantitative estimate of drug-likeness (QED) is 0.265. The van der Waals surface area contributed by atoms with Gasteiger partial charge < -0.3 is 20.0 Å². The minimum Gasteiger partial charge on any atom is -0.467 e. The van der Waals surface area contributed by atoms with Crippen molar-refractivity contribution < 1.29 is 18.8 Å². The van der Waals surface area contributed by atoms with Crippen molar-refractivity contribution in [3.63, 3.8) is 0 Å². The molecule has 0 unspecified atom stereocenters. The fourth-order valence-corrected chi connectivity index (χ4v) is 4.62. The molecule has 2 aromatic carbocycles. The molecule has 0 aliphatic heterocycles. The van der Waals surface area contributed by atoms with E-state index in [9.17, 15) is 14.4 Å². The van der Waals surface area contributed by atoms with E-state index in [4.69, 9.17) is 4.42 Å². The smallest absolute Gasteiger partial charge is 0.248 e. The van der Waals surface area contributed by atoms with Gasteiger partial charge in [-0.05, 0) is 60.7 Å². The highest BCUT2D eigenvalue weighted by molar-refractivity contribution is 7.09. The monoisotopic (exact) mass is 527 g/mol. The molecule has 4 rings (SSSR count). The Bertz CT molecular complexity index is 1390. The van der Waals surface area contributed by atoms with E-state index in [2.05, 4.69) is 10.6 Å². The Morgan fingerprint density at radius 1 is 0.947 bits per heavy atom. The third-order valence-electron chi connectivity index (χ3n) is 5.82. The van der Waals surface area contributed by atoms with Crippen molar-refractivity contribution in [1.29, 1.82) is 0 Å². The van der Waals surface area contributed by atoms with Crippen LogP contribution in [-0.2, 0) is 27.5 Å². The van der Waals surface area contributed by atoms with Crippen LogP contribution in [0.25, 0.3) is 0 Å². The normalized spacial score (nSPS) is 11.7. The Hall–Kier alpha value is -4.43. The number of aryl methyl sites for hydroxylation is 2. The number of carbonyl (C=O) groups excluding carboxylic acids is 3. The highest BCUT2D eigenvalue weighted by atomic mass is 32.1. The second-order valence-electron chi connectivity index (χ2n) is 8.85. The molecule has 0 saturated carbocycles. The van der Waals surface area contributed by atoms with Gasteiger partial charge in [-0.25, -0.2) is 0 Å². The summed E-state index contributed by atoms with van der Waals surface area (Å²) in [5, 5.41) is 7.57. The lowest BCUT2D eigenvalue weighted by Gasteiger charge is -2.30. The fraction of sp³-hybridized carbons (Fsp3) is 0.167. The molecule has 194 valence electrons. The molecule has 4 aromatic rings. The van der Waals surface area contributed by atoms with Crippen LogP contribution in [0.2, 0.25) is 0 Å². The summed E-state index contributed by atoms with van der Waals surface area (Å²) in [5.74, 6) is -0.650. The number of carbonyl (C=O) groups is 3. The second kappa shape index (κ2) is 12.7. The van der Waals surface area contributed by atoms with E-state index in [0.717, 1.165) is 16.0 Å². The molecule has 0 saturated heterocycles. The average Bonchev–Trinajstić information content (AvgIpc) is 3.61. The predicted octanol–water partition coefficient (Wildman–Crippen LogP) is 5.54. The first-order valence-corrected chi connectivity index (χ1v) is 13.0. The van der Waals surface area contributed by atoms with E-state index in [1.54, 1.807) is 18.2 Å². The van der Waals surface area contributed by atoms with Gasteiger partial charge in [0.15, 0.2) is 0 Å². The molecule has 0 fully saturated rings. The Morgan fingerprint density at radius 3 is 2.45 bits per heavy atom. The van der Waals surface area contributed by atoms with Crippen LogP contribution >= 0.6 is 11.3 Å². The van der Waals surface area contributed by atoms with Crippen LogP contribution in [0.1, 0.15) is 33.4 Å². The van der Waals surface area contributed by atoms with Gasteiger partial charge in [0.2, 0.25) is 17.7 Å². The molecule has 1 atom stereocenters. The van der Waals surface area contributed by atoms with Crippen LogP contribution in [0.4, 0.5) is 5.69 Å². The molecule has 2 N–H and O–H groups in total. The Morgan fingerprint density at radius 2 is 1.76 bits per heavy atom. The summed E-state index contributed by atoms with van der Waals surface area (Å²) in [7, 11) is 0. The molecule has 3 amide bonds. The average molecular weight is 528 g/mol. The summed E-state index contributed by atoms with van der Waals surface area (Å²) < 4.78 is 5.35. The molecule has 38 heavy (non-hydrogen) atoms. The fourth-order valence-electron chi connectivity index (χ4n) is 3.92. The maximum absolute atomic E-state index is 13.6. The van der Waals surface area contributed by atoms with Crippen molar-refractivity contribution in [2.45, 2.75) is 33.0 Å². The van der Waals surface area contributed by atoms with Gasteiger partial charge in [-0.2, -0.15) is 0 Å². The summed E-state index contributed by atoms with van der Waals surface area (Å²) in [6.07, 6.45) is 3.94. The first-order valence-electron chi connectivity index (χ1n) is 12.1. The van der Waals surface area contributed by atoms with E-state index >= 15 is 0 Å². The maximum atomic E-state index is 13.6. The van der Waals surface area contributed by atoms with Gasteiger partial charge in [-0.1, -0.05) is 48.0 Å².